The smallest absolute Gasteiger partial charge is 0.451 e. The zero-order chi connectivity index (χ0) is 12.3. The minimum absolute atomic E-state index is 0.531. The molecule has 1 aromatic carbocycles. The molecule has 0 aliphatic heterocycles. The van der Waals surface area contributed by atoms with E-state index in [0.29, 0.717) is 5.56 Å². The van der Waals surface area contributed by atoms with Crippen molar-refractivity contribution in [1.82, 2.24) is 0 Å². The zero-order valence-corrected chi connectivity index (χ0v) is 8.84. The van der Waals surface area contributed by atoms with Crippen molar-refractivity contribution in [2.45, 2.75) is 26.1 Å². The Morgan fingerprint density at radius 1 is 1.25 bits per heavy atom. The minimum atomic E-state index is -4.95. The third-order valence-corrected chi connectivity index (χ3v) is 2.06. The molecule has 1 unspecified atom stereocenters. The highest BCUT2D eigenvalue weighted by atomic mass is 19.4. The number of carbonyl (C=O) groups excluding carboxylic acids is 1. The Morgan fingerprint density at radius 3 is 2.19 bits per heavy atom. The van der Waals surface area contributed by atoms with Crippen molar-refractivity contribution < 1.29 is 22.7 Å². The van der Waals surface area contributed by atoms with Gasteiger partial charge in [-0.15, -0.1) is 0 Å². The van der Waals surface area contributed by atoms with E-state index in [-0.39, 0.29) is 0 Å². The number of hydrogen-bond donors (Lipinski definition) is 0. The molecule has 0 saturated carbocycles. The Labute approximate surface area is 91.0 Å². The van der Waals surface area contributed by atoms with Crippen LogP contribution in [0, 0.1) is 6.92 Å². The van der Waals surface area contributed by atoms with Gasteiger partial charge in [-0.2, -0.15) is 13.2 Å². The number of rotatable bonds is 2. The van der Waals surface area contributed by atoms with E-state index in [4.69, 9.17) is 0 Å². The summed E-state index contributed by atoms with van der Waals surface area (Å²) in [5.41, 5.74) is 1.52. The molecule has 0 aromatic heterocycles. The summed E-state index contributed by atoms with van der Waals surface area (Å²) in [4.78, 5) is 10.6. The molecule has 0 N–H and O–H groups in total. The highest BCUT2D eigenvalue weighted by Crippen LogP contribution is 2.23. The lowest BCUT2D eigenvalue weighted by Crippen LogP contribution is -2.26. The van der Waals surface area contributed by atoms with Gasteiger partial charge in [0.1, 0.15) is 6.10 Å². The van der Waals surface area contributed by atoms with Gasteiger partial charge in [0.25, 0.3) is 0 Å². The molecule has 0 aliphatic rings. The van der Waals surface area contributed by atoms with Crippen LogP contribution in [0.15, 0.2) is 24.3 Å². The summed E-state index contributed by atoms with van der Waals surface area (Å²) in [6.45, 7) is 3.25. The van der Waals surface area contributed by atoms with Crippen LogP contribution in [-0.2, 0) is 9.53 Å². The predicted octanol–water partition coefficient (Wildman–Crippen LogP) is 3.16. The number of hydrogen-bond acceptors (Lipinski definition) is 2. The van der Waals surface area contributed by atoms with Crippen LogP contribution in [-0.4, -0.2) is 12.1 Å². The summed E-state index contributed by atoms with van der Waals surface area (Å²) in [5, 5.41) is 0. The van der Waals surface area contributed by atoms with Crippen LogP contribution in [0.5, 0.6) is 0 Å². The fourth-order valence-corrected chi connectivity index (χ4v) is 1.13. The Balaban J connectivity index is 2.69. The average molecular weight is 232 g/mol. The van der Waals surface area contributed by atoms with Crippen molar-refractivity contribution in [3.63, 3.8) is 0 Å². The van der Waals surface area contributed by atoms with E-state index in [2.05, 4.69) is 4.74 Å². The van der Waals surface area contributed by atoms with Gasteiger partial charge in [0.05, 0.1) is 0 Å². The molecule has 0 bridgehead atoms. The normalized spacial score (nSPS) is 13.3. The van der Waals surface area contributed by atoms with E-state index in [0.717, 1.165) is 5.56 Å². The maximum Gasteiger partial charge on any atom is 0.490 e. The Morgan fingerprint density at radius 2 is 1.75 bits per heavy atom. The maximum atomic E-state index is 11.9. The van der Waals surface area contributed by atoms with Gasteiger partial charge in [0.2, 0.25) is 0 Å². The van der Waals surface area contributed by atoms with Gasteiger partial charge in [0.15, 0.2) is 0 Å². The molecule has 0 saturated heterocycles. The highest BCUT2D eigenvalue weighted by molar-refractivity contribution is 5.75. The molecule has 0 spiro atoms. The summed E-state index contributed by atoms with van der Waals surface area (Å²) in [6.07, 6.45) is -5.85. The first-order valence-electron chi connectivity index (χ1n) is 4.65. The third kappa shape index (κ3) is 3.25. The number of carbonyl (C=O) groups is 1. The number of aryl methyl sites for hydroxylation is 1. The van der Waals surface area contributed by atoms with E-state index in [1.54, 1.807) is 24.3 Å². The van der Waals surface area contributed by atoms with Crippen LogP contribution in [0.2, 0.25) is 0 Å². The summed E-state index contributed by atoms with van der Waals surface area (Å²) in [7, 11) is 0. The van der Waals surface area contributed by atoms with Gasteiger partial charge in [-0.3, -0.25) is 0 Å². The van der Waals surface area contributed by atoms with E-state index in [9.17, 15) is 18.0 Å². The number of benzene rings is 1. The zero-order valence-electron chi connectivity index (χ0n) is 8.84. The van der Waals surface area contributed by atoms with Crippen LogP contribution < -0.4 is 0 Å². The van der Waals surface area contributed by atoms with E-state index in [1.165, 1.54) is 6.92 Å². The molecule has 1 aromatic rings. The molecule has 16 heavy (non-hydrogen) atoms. The standard InChI is InChI=1S/C11H11F3O2/c1-7-3-5-9(6-4-7)8(2)16-10(15)11(12,13)14/h3-6,8H,1-2H3. The van der Waals surface area contributed by atoms with E-state index in [1.807, 2.05) is 6.92 Å². The summed E-state index contributed by atoms with van der Waals surface area (Å²) < 4.78 is 40.0. The molecule has 5 heteroatoms. The first-order valence-corrected chi connectivity index (χ1v) is 4.65. The van der Waals surface area contributed by atoms with Gasteiger partial charge in [0, 0.05) is 0 Å². The number of ether oxygens (including phenoxy) is 1. The molecule has 1 rings (SSSR count). The fourth-order valence-electron chi connectivity index (χ4n) is 1.13. The molecule has 0 aliphatic carbocycles. The fraction of sp³-hybridized carbons (Fsp3) is 0.364. The van der Waals surface area contributed by atoms with Crippen LogP contribution >= 0.6 is 0 Å². The first kappa shape index (κ1) is 12.5. The first-order chi connectivity index (χ1) is 7.30. The Bertz CT molecular complexity index is 368. The van der Waals surface area contributed by atoms with Crippen LogP contribution in [0.3, 0.4) is 0 Å². The van der Waals surface area contributed by atoms with Crippen molar-refractivity contribution in [2.75, 3.05) is 0 Å². The summed E-state index contributed by atoms with van der Waals surface area (Å²) in [6, 6.07) is 6.74. The highest BCUT2D eigenvalue weighted by Gasteiger charge is 2.41. The van der Waals surface area contributed by atoms with Crippen LogP contribution in [0.25, 0.3) is 0 Å². The largest absolute Gasteiger partial charge is 0.490 e. The SMILES string of the molecule is Cc1ccc(C(C)OC(=O)C(F)(F)F)cc1. The van der Waals surface area contributed by atoms with E-state index >= 15 is 0 Å². The predicted molar refractivity (Wildman–Crippen MR) is 51.7 cm³/mol. The molecule has 0 fully saturated rings. The lowest BCUT2D eigenvalue weighted by atomic mass is 10.1. The quantitative estimate of drug-likeness (QED) is 0.732. The van der Waals surface area contributed by atoms with Gasteiger partial charge in [-0.05, 0) is 19.4 Å². The molecular formula is C11H11F3O2. The lowest BCUT2D eigenvalue weighted by molar-refractivity contribution is -0.204. The molecule has 0 radical (unpaired) electrons. The van der Waals surface area contributed by atoms with Crippen LogP contribution in [0.1, 0.15) is 24.2 Å². The van der Waals surface area contributed by atoms with E-state index < -0.39 is 18.2 Å². The maximum absolute atomic E-state index is 11.9. The monoisotopic (exact) mass is 232 g/mol. The topological polar surface area (TPSA) is 26.3 Å². The van der Waals surface area contributed by atoms with Crippen molar-refractivity contribution >= 4 is 5.97 Å². The summed E-state index contributed by atoms with van der Waals surface area (Å²) in [5.74, 6) is -2.17. The van der Waals surface area contributed by atoms with Crippen molar-refractivity contribution in [1.29, 1.82) is 0 Å². The Kier molecular flexibility index (Phi) is 3.57. The van der Waals surface area contributed by atoms with Crippen LogP contribution in [0.4, 0.5) is 13.2 Å². The molecular weight excluding hydrogens is 221 g/mol. The van der Waals surface area contributed by atoms with Gasteiger partial charge in [-0.25, -0.2) is 4.79 Å². The third-order valence-electron chi connectivity index (χ3n) is 2.06. The molecule has 2 nitrogen and oxygen atoms in total. The molecule has 1 atom stereocenters. The average Bonchev–Trinajstić information content (AvgIpc) is 2.17. The lowest BCUT2D eigenvalue weighted by Gasteiger charge is -2.14. The second kappa shape index (κ2) is 4.55. The Hall–Kier alpha value is -1.52. The minimum Gasteiger partial charge on any atom is -0.451 e. The van der Waals surface area contributed by atoms with Crippen molar-refractivity contribution in [3.05, 3.63) is 35.4 Å². The second-order valence-electron chi connectivity index (χ2n) is 3.46. The van der Waals surface area contributed by atoms with Crippen molar-refractivity contribution in [2.24, 2.45) is 0 Å². The second-order valence-corrected chi connectivity index (χ2v) is 3.46. The number of halogens is 3. The van der Waals surface area contributed by atoms with Gasteiger partial charge < -0.3 is 4.74 Å². The van der Waals surface area contributed by atoms with Gasteiger partial charge >= 0.3 is 12.1 Å². The molecule has 0 amide bonds. The number of esters is 1. The molecule has 88 valence electrons. The van der Waals surface area contributed by atoms with Gasteiger partial charge in [-0.1, -0.05) is 29.8 Å². The molecule has 0 heterocycles. The summed E-state index contributed by atoms with van der Waals surface area (Å²) >= 11 is 0. The van der Waals surface area contributed by atoms with Crippen molar-refractivity contribution in [3.8, 4) is 0 Å². The number of alkyl halides is 3.